The molecule has 0 bridgehead atoms. The third-order valence-corrected chi connectivity index (χ3v) is 6.70. The monoisotopic (exact) mass is 382 g/mol. The van der Waals surface area contributed by atoms with Crippen molar-refractivity contribution in [2.75, 3.05) is 54.4 Å². The van der Waals surface area contributed by atoms with Gasteiger partial charge in [0.2, 0.25) is 0 Å². The number of hydrogen-bond donors (Lipinski definition) is 2. The van der Waals surface area contributed by atoms with E-state index in [0.717, 1.165) is 45.7 Å². The fourth-order valence-corrected chi connectivity index (χ4v) is 5.11. The third kappa shape index (κ3) is 3.63. The van der Waals surface area contributed by atoms with Gasteiger partial charge in [-0.15, -0.1) is 0 Å². The summed E-state index contributed by atoms with van der Waals surface area (Å²) in [5.41, 5.74) is 6.61. The van der Waals surface area contributed by atoms with Crippen molar-refractivity contribution in [1.82, 2.24) is 5.32 Å². The molecular formula is C22H30N4S. The average molecular weight is 383 g/mol. The fourth-order valence-electron chi connectivity index (χ4n) is 4.00. The van der Waals surface area contributed by atoms with Gasteiger partial charge in [-0.25, -0.2) is 0 Å². The first-order chi connectivity index (χ1) is 13.2. The van der Waals surface area contributed by atoms with Gasteiger partial charge in [-0.2, -0.15) is 0 Å². The van der Waals surface area contributed by atoms with Crippen LogP contribution >= 0.6 is 11.8 Å². The van der Waals surface area contributed by atoms with Gasteiger partial charge in [-0.1, -0.05) is 18.7 Å². The predicted octanol–water partition coefficient (Wildman–Crippen LogP) is 4.71. The minimum absolute atomic E-state index is 1.04. The van der Waals surface area contributed by atoms with Gasteiger partial charge in [0.15, 0.2) is 0 Å². The van der Waals surface area contributed by atoms with Crippen molar-refractivity contribution in [3.8, 4) is 0 Å². The summed E-state index contributed by atoms with van der Waals surface area (Å²) >= 11 is 1.91. The molecule has 0 aromatic heterocycles. The Hall–Kier alpha value is -1.85. The van der Waals surface area contributed by atoms with Crippen molar-refractivity contribution >= 4 is 34.5 Å². The van der Waals surface area contributed by atoms with E-state index in [1.54, 1.807) is 0 Å². The molecule has 0 amide bonds. The van der Waals surface area contributed by atoms with Gasteiger partial charge in [0.25, 0.3) is 0 Å². The van der Waals surface area contributed by atoms with Crippen LogP contribution in [0.5, 0.6) is 0 Å². The maximum atomic E-state index is 3.72. The van der Waals surface area contributed by atoms with E-state index in [1.165, 1.54) is 38.1 Å². The number of nitrogens with one attached hydrogen (secondary N) is 2. The number of aryl methyl sites for hydroxylation is 1. The van der Waals surface area contributed by atoms with E-state index in [4.69, 9.17) is 0 Å². The number of hydrogen-bond acceptors (Lipinski definition) is 5. The molecule has 2 heterocycles. The van der Waals surface area contributed by atoms with E-state index in [1.807, 2.05) is 11.8 Å². The predicted molar refractivity (Wildman–Crippen MR) is 118 cm³/mol. The summed E-state index contributed by atoms with van der Waals surface area (Å²) in [6.07, 6.45) is 1.04. The number of benzene rings is 2. The second-order valence-electron chi connectivity index (χ2n) is 7.15. The Morgan fingerprint density at radius 2 is 1.78 bits per heavy atom. The molecule has 0 radical (unpaired) electrons. The average Bonchev–Trinajstić information content (AvgIpc) is 2.73. The van der Waals surface area contributed by atoms with Crippen LogP contribution in [0.15, 0.2) is 40.1 Å². The molecule has 144 valence electrons. The van der Waals surface area contributed by atoms with Crippen molar-refractivity contribution in [3.63, 3.8) is 0 Å². The molecule has 0 aliphatic carbocycles. The lowest BCUT2D eigenvalue weighted by Crippen LogP contribution is -2.43. The van der Waals surface area contributed by atoms with Crippen LogP contribution in [-0.4, -0.2) is 39.3 Å². The summed E-state index contributed by atoms with van der Waals surface area (Å²) in [6.45, 7) is 13.1. The highest BCUT2D eigenvalue weighted by Crippen LogP contribution is 2.48. The van der Waals surface area contributed by atoms with Crippen molar-refractivity contribution in [1.29, 1.82) is 0 Å². The van der Waals surface area contributed by atoms with Crippen molar-refractivity contribution in [2.24, 2.45) is 0 Å². The number of piperazine rings is 1. The molecule has 2 aliphatic heterocycles. The lowest BCUT2D eigenvalue weighted by atomic mass is 10.1. The zero-order chi connectivity index (χ0) is 18.8. The minimum Gasteiger partial charge on any atom is -0.372 e. The maximum absolute atomic E-state index is 3.72. The molecule has 2 N–H and O–H groups in total. The van der Waals surface area contributed by atoms with Crippen LogP contribution in [0.3, 0.4) is 0 Å². The van der Waals surface area contributed by atoms with Crippen LogP contribution in [0.4, 0.5) is 22.7 Å². The molecule has 27 heavy (non-hydrogen) atoms. The number of fused-ring (bicyclic) bond motifs is 2. The molecule has 1 saturated heterocycles. The van der Waals surface area contributed by atoms with Crippen LogP contribution < -0.4 is 20.4 Å². The van der Waals surface area contributed by atoms with Crippen molar-refractivity contribution < 1.29 is 0 Å². The van der Waals surface area contributed by atoms with Gasteiger partial charge in [-0.05, 0) is 56.2 Å². The second kappa shape index (κ2) is 8.03. The third-order valence-electron chi connectivity index (χ3n) is 5.61. The molecule has 2 aromatic rings. The van der Waals surface area contributed by atoms with Crippen molar-refractivity contribution in [3.05, 3.63) is 35.9 Å². The van der Waals surface area contributed by atoms with Crippen LogP contribution in [0, 0.1) is 0 Å². The summed E-state index contributed by atoms with van der Waals surface area (Å²) < 4.78 is 0. The molecule has 4 nitrogen and oxygen atoms in total. The SMILES string of the molecule is CCc1cc(N2CCNCC2)cc2c1Nc1ccc(N(CC)CC)cc1S2. The Morgan fingerprint density at radius 1 is 1.00 bits per heavy atom. The van der Waals surface area contributed by atoms with Gasteiger partial charge < -0.3 is 20.4 Å². The molecule has 2 aliphatic rings. The van der Waals surface area contributed by atoms with Crippen LogP contribution in [-0.2, 0) is 6.42 Å². The zero-order valence-electron chi connectivity index (χ0n) is 16.6. The minimum atomic E-state index is 1.04. The van der Waals surface area contributed by atoms with E-state index in [0.29, 0.717) is 0 Å². The van der Waals surface area contributed by atoms with Gasteiger partial charge in [0.05, 0.1) is 11.4 Å². The first-order valence-corrected chi connectivity index (χ1v) is 11.0. The first kappa shape index (κ1) is 18.5. The first-order valence-electron chi connectivity index (χ1n) is 10.2. The van der Waals surface area contributed by atoms with E-state index < -0.39 is 0 Å². The summed E-state index contributed by atoms with van der Waals surface area (Å²) in [5, 5.41) is 7.17. The lowest BCUT2D eigenvalue weighted by molar-refractivity contribution is 0.589. The molecule has 0 saturated carbocycles. The van der Waals surface area contributed by atoms with Gasteiger partial charge >= 0.3 is 0 Å². The molecule has 1 fully saturated rings. The van der Waals surface area contributed by atoms with Crippen molar-refractivity contribution in [2.45, 2.75) is 37.0 Å². The van der Waals surface area contributed by atoms with E-state index in [2.05, 4.69) is 71.5 Å². The number of nitrogens with zero attached hydrogens (tertiary/aromatic N) is 2. The lowest BCUT2D eigenvalue weighted by Gasteiger charge is -2.32. The molecule has 4 rings (SSSR count). The summed E-state index contributed by atoms with van der Waals surface area (Å²) in [7, 11) is 0. The number of anilines is 4. The Labute approximate surface area is 167 Å². The number of rotatable bonds is 5. The largest absolute Gasteiger partial charge is 0.372 e. The van der Waals surface area contributed by atoms with Crippen LogP contribution in [0.2, 0.25) is 0 Å². The van der Waals surface area contributed by atoms with E-state index in [-0.39, 0.29) is 0 Å². The summed E-state index contributed by atoms with van der Waals surface area (Å²) in [6, 6.07) is 11.6. The molecule has 2 aromatic carbocycles. The molecular weight excluding hydrogens is 352 g/mol. The van der Waals surface area contributed by atoms with E-state index >= 15 is 0 Å². The summed E-state index contributed by atoms with van der Waals surface area (Å²) in [5.74, 6) is 0. The smallest absolute Gasteiger partial charge is 0.0560 e. The zero-order valence-corrected chi connectivity index (χ0v) is 17.5. The maximum Gasteiger partial charge on any atom is 0.0560 e. The Kier molecular flexibility index (Phi) is 5.50. The standard InChI is InChI=1S/C22H30N4S/c1-4-16-13-18(26-11-9-23-10-12-26)15-21-22(16)24-19-8-7-17(14-20(19)27-21)25(5-2)6-3/h7-8,13-15,23-24H,4-6,9-12H2,1-3H3. The van der Waals surface area contributed by atoms with Crippen LogP contribution in [0.25, 0.3) is 0 Å². The topological polar surface area (TPSA) is 30.5 Å². The van der Waals surface area contributed by atoms with Crippen LogP contribution in [0.1, 0.15) is 26.3 Å². The van der Waals surface area contributed by atoms with E-state index in [9.17, 15) is 0 Å². The molecule has 0 atom stereocenters. The molecule has 0 unspecified atom stereocenters. The Balaban J connectivity index is 1.68. The quantitative estimate of drug-likeness (QED) is 0.667. The Bertz CT molecular complexity index is 810. The normalized spacial score (nSPS) is 15.7. The Morgan fingerprint density at radius 3 is 2.48 bits per heavy atom. The highest BCUT2D eigenvalue weighted by atomic mass is 32.2. The second-order valence-corrected chi connectivity index (χ2v) is 8.23. The highest BCUT2D eigenvalue weighted by Gasteiger charge is 2.22. The molecule has 0 spiro atoms. The summed E-state index contributed by atoms with van der Waals surface area (Å²) in [4.78, 5) is 7.60. The van der Waals surface area contributed by atoms with Gasteiger partial charge in [0.1, 0.15) is 0 Å². The fraction of sp³-hybridized carbons (Fsp3) is 0.455. The van der Waals surface area contributed by atoms with Gasteiger partial charge in [0, 0.05) is 60.4 Å². The van der Waals surface area contributed by atoms with Gasteiger partial charge in [-0.3, -0.25) is 0 Å². The molecule has 5 heteroatoms. The highest BCUT2D eigenvalue weighted by molar-refractivity contribution is 7.99.